The van der Waals surface area contributed by atoms with Gasteiger partial charge in [0.25, 0.3) is 0 Å². The number of Topliss-reactive ketones (excluding diaryl/α,β-unsaturated/α-hetero) is 1. The molecule has 0 radical (unpaired) electrons. The van der Waals surface area contributed by atoms with E-state index in [2.05, 4.69) is 39.5 Å². The molecule has 0 aliphatic carbocycles. The van der Waals surface area contributed by atoms with Crippen LogP contribution in [0, 0.1) is 0 Å². The average molecular weight is 502 g/mol. The van der Waals surface area contributed by atoms with Crippen molar-refractivity contribution >= 4 is 22.4 Å². The minimum Gasteiger partial charge on any atom is -0.497 e. The molecule has 190 valence electrons. The maximum atomic E-state index is 14.2. The number of nitrogens with one attached hydrogen (secondary N) is 1. The molecule has 1 N–H and O–H groups in total. The Morgan fingerprint density at radius 2 is 1.53 bits per heavy atom. The van der Waals surface area contributed by atoms with Gasteiger partial charge in [0.15, 0.2) is 5.78 Å². The molecule has 38 heavy (non-hydrogen) atoms. The van der Waals surface area contributed by atoms with E-state index in [4.69, 9.17) is 4.74 Å². The zero-order valence-corrected chi connectivity index (χ0v) is 21.6. The Labute approximate surface area is 223 Å². The first-order chi connectivity index (χ1) is 18.6. The maximum absolute atomic E-state index is 14.2. The van der Waals surface area contributed by atoms with Crippen molar-refractivity contribution in [1.29, 1.82) is 0 Å². The quantitative estimate of drug-likeness (QED) is 0.214. The number of hydrogen-bond acceptors (Lipinski definition) is 5. The summed E-state index contributed by atoms with van der Waals surface area (Å²) in [5, 5.41) is 4.69. The number of fused-ring (bicyclic) bond motifs is 1. The molecule has 0 saturated carbocycles. The summed E-state index contributed by atoms with van der Waals surface area (Å²) in [5.41, 5.74) is 4.46. The van der Waals surface area contributed by atoms with Crippen LogP contribution in [-0.2, 0) is 6.54 Å². The monoisotopic (exact) mass is 501 g/mol. The number of methoxy groups -OCH3 is 1. The SMILES string of the molecule is COc1cc(NC(c2ccccc2)C(C(=O)c2ccccc2)N(C)Cc2ccccc2)c2ncccc2c1. The molecule has 5 nitrogen and oxygen atoms in total. The van der Waals surface area contributed by atoms with Gasteiger partial charge < -0.3 is 10.1 Å². The number of benzene rings is 4. The highest BCUT2D eigenvalue weighted by Crippen LogP contribution is 2.34. The van der Waals surface area contributed by atoms with E-state index >= 15 is 0 Å². The molecular formula is C33H31N3O2. The van der Waals surface area contributed by atoms with E-state index in [1.165, 1.54) is 0 Å². The van der Waals surface area contributed by atoms with Crippen LogP contribution >= 0.6 is 0 Å². The Morgan fingerprint density at radius 1 is 0.868 bits per heavy atom. The largest absolute Gasteiger partial charge is 0.497 e. The number of ether oxygens (including phenoxy) is 1. The van der Waals surface area contributed by atoms with E-state index < -0.39 is 6.04 Å². The van der Waals surface area contributed by atoms with Crippen LogP contribution in [0.4, 0.5) is 5.69 Å². The Balaban J connectivity index is 1.63. The number of carbonyl (C=O) groups excluding carboxylic acids is 1. The molecule has 5 rings (SSSR count). The third kappa shape index (κ3) is 5.58. The highest BCUT2D eigenvalue weighted by molar-refractivity contribution is 6.01. The molecule has 0 saturated heterocycles. The summed E-state index contributed by atoms with van der Waals surface area (Å²) < 4.78 is 5.61. The lowest BCUT2D eigenvalue weighted by Gasteiger charge is -2.35. The summed E-state index contributed by atoms with van der Waals surface area (Å²) in [6, 6.07) is 36.9. The predicted molar refractivity (Wildman–Crippen MR) is 154 cm³/mol. The third-order valence-corrected chi connectivity index (χ3v) is 6.78. The van der Waals surface area contributed by atoms with Crippen molar-refractivity contribution in [2.24, 2.45) is 0 Å². The first-order valence-electron chi connectivity index (χ1n) is 12.7. The number of nitrogens with zero attached hydrogens (tertiary/aromatic N) is 2. The highest BCUT2D eigenvalue weighted by atomic mass is 16.5. The lowest BCUT2D eigenvalue weighted by molar-refractivity contribution is 0.0818. The Bertz CT molecular complexity index is 1490. The van der Waals surface area contributed by atoms with Gasteiger partial charge in [-0.15, -0.1) is 0 Å². The minimum atomic E-state index is -0.509. The summed E-state index contributed by atoms with van der Waals surface area (Å²) >= 11 is 0. The van der Waals surface area contributed by atoms with Gasteiger partial charge in [0.1, 0.15) is 5.75 Å². The molecule has 1 heterocycles. The molecule has 2 atom stereocenters. The van der Waals surface area contributed by atoms with Crippen LogP contribution in [0.5, 0.6) is 5.75 Å². The molecule has 5 heteroatoms. The second kappa shape index (κ2) is 11.7. The average Bonchev–Trinajstić information content (AvgIpc) is 2.98. The molecule has 0 bridgehead atoms. The first kappa shape index (κ1) is 25.2. The van der Waals surface area contributed by atoms with Crippen molar-refractivity contribution in [3.05, 3.63) is 138 Å². The van der Waals surface area contributed by atoms with Crippen molar-refractivity contribution in [3.8, 4) is 5.75 Å². The maximum Gasteiger partial charge on any atom is 0.182 e. The molecule has 0 aliphatic heterocycles. The number of likely N-dealkylation sites (N-methyl/N-ethyl adjacent to an activating group) is 1. The molecule has 2 unspecified atom stereocenters. The van der Waals surface area contributed by atoms with Crippen molar-refractivity contribution in [2.45, 2.75) is 18.6 Å². The topological polar surface area (TPSA) is 54.5 Å². The van der Waals surface area contributed by atoms with E-state index in [-0.39, 0.29) is 11.8 Å². The molecule has 0 amide bonds. The second-order valence-electron chi connectivity index (χ2n) is 9.36. The van der Waals surface area contributed by atoms with Gasteiger partial charge in [0, 0.05) is 29.8 Å². The van der Waals surface area contributed by atoms with E-state index in [0.29, 0.717) is 12.1 Å². The van der Waals surface area contributed by atoms with Crippen LogP contribution in [0.2, 0.25) is 0 Å². The number of rotatable bonds is 10. The van der Waals surface area contributed by atoms with Crippen molar-refractivity contribution in [1.82, 2.24) is 9.88 Å². The lowest BCUT2D eigenvalue weighted by Crippen LogP contribution is -2.45. The fourth-order valence-electron chi connectivity index (χ4n) is 4.91. The molecule has 0 spiro atoms. The number of anilines is 1. The van der Waals surface area contributed by atoms with Gasteiger partial charge in [-0.1, -0.05) is 97.1 Å². The first-order valence-corrected chi connectivity index (χ1v) is 12.7. The summed E-state index contributed by atoms with van der Waals surface area (Å²) in [7, 11) is 3.67. The van der Waals surface area contributed by atoms with Crippen LogP contribution in [0.15, 0.2) is 121 Å². The zero-order valence-electron chi connectivity index (χ0n) is 21.6. The highest BCUT2D eigenvalue weighted by Gasteiger charge is 2.34. The zero-order chi connectivity index (χ0) is 26.3. The van der Waals surface area contributed by atoms with Crippen LogP contribution in [0.1, 0.15) is 27.5 Å². The second-order valence-corrected chi connectivity index (χ2v) is 9.36. The van der Waals surface area contributed by atoms with Crippen LogP contribution in [0.25, 0.3) is 10.9 Å². The Kier molecular flexibility index (Phi) is 7.76. The number of ketones is 1. The molecule has 4 aromatic carbocycles. The van der Waals surface area contributed by atoms with Crippen LogP contribution < -0.4 is 10.1 Å². The number of pyridine rings is 1. The van der Waals surface area contributed by atoms with Crippen molar-refractivity contribution in [3.63, 3.8) is 0 Å². The molecule has 1 aromatic heterocycles. The third-order valence-electron chi connectivity index (χ3n) is 6.78. The molecule has 0 fully saturated rings. The van der Waals surface area contributed by atoms with Crippen LogP contribution in [0.3, 0.4) is 0 Å². The summed E-state index contributed by atoms with van der Waals surface area (Å²) in [6.45, 7) is 0.617. The van der Waals surface area contributed by atoms with Gasteiger partial charge in [-0.25, -0.2) is 0 Å². The van der Waals surface area contributed by atoms with Crippen molar-refractivity contribution < 1.29 is 9.53 Å². The molecular weight excluding hydrogens is 470 g/mol. The van der Waals surface area contributed by atoms with E-state index in [1.54, 1.807) is 13.3 Å². The van der Waals surface area contributed by atoms with Crippen LogP contribution in [-0.4, -0.2) is 35.9 Å². The summed E-state index contributed by atoms with van der Waals surface area (Å²) in [4.78, 5) is 21.0. The normalized spacial score (nSPS) is 12.7. The fraction of sp³-hybridized carbons (Fsp3) is 0.152. The molecule has 0 aliphatic rings. The Hall–Kier alpha value is -4.48. The summed E-state index contributed by atoms with van der Waals surface area (Å²) in [6.07, 6.45) is 1.78. The van der Waals surface area contributed by atoms with Gasteiger partial charge in [-0.2, -0.15) is 0 Å². The van der Waals surface area contributed by atoms with E-state index in [0.717, 1.165) is 33.5 Å². The predicted octanol–water partition coefficient (Wildman–Crippen LogP) is 6.78. The fourth-order valence-corrected chi connectivity index (χ4v) is 4.91. The lowest BCUT2D eigenvalue weighted by atomic mass is 9.90. The van der Waals surface area contributed by atoms with Gasteiger partial charge in [-0.05, 0) is 30.3 Å². The Morgan fingerprint density at radius 3 is 2.21 bits per heavy atom. The van der Waals surface area contributed by atoms with Gasteiger partial charge >= 0.3 is 0 Å². The van der Waals surface area contributed by atoms with Gasteiger partial charge in [0.05, 0.1) is 30.4 Å². The number of hydrogen-bond donors (Lipinski definition) is 1. The number of carbonyl (C=O) groups is 1. The molecule has 5 aromatic rings. The summed E-state index contributed by atoms with van der Waals surface area (Å²) in [5.74, 6) is 0.772. The minimum absolute atomic E-state index is 0.0468. The van der Waals surface area contributed by atoms with E-state index in [1.807, 2.05) is 98.0 Å². The number of aromatic nitrogens is 1. The van der Waals surface area contributed by atoms with Crippen molar-refractivity contribution in [2.75, 3.05) is 19.5 Å². The standard InChI is InChI=1S/C33H31N3O2/c1-36(23-24-13-6-3-7-14-24)32(33(37)26-17-10-5-11-18-26)31(25-15-8-4-9-16-25)35-29-22-28(38-2)21-27-19-12-20-34-30(27)29/h3-22,31-32,35H,23H2,1-2H3. The van der Waals surface area contributed by atoms with Gasteiger partial charge in [0.2, 0.25) is 0 Å². The van der Waals surface area contributed by atoms with E-state index in [9.17, 15) is 4.79 Å². The smallest absolute Gasteiger partial charge is 0.182 e. The van der Waals surface area contributed by atoms with Gasteiger partial charge in [-0.3, -0.25) is 14.7 Å².